The molecular weight excluding hydrogens is 367 g/mol. The Labute approximate surface area is 154 Å². The van der Waals surface area contributed by atoms with Gasteiger partial charge in [0.2, 0.25) is 0 Å². The van der Waals surface area contributed by atoms with Crippen LogP contribution in [0.1, 0.15) is 28.8 Å². The second-order valence-electron chi connectivity index (χ2n) is 6.55. The van der Waals surface area contributed by atoms with Crippen LogP contribution in [-0.2, 0) is 5.41 Å². The van der Waals surface area contributed by atoms with Crippen LogP contribution < -0.4 is 4.74 Å². The van der Waals surface area contributed by atoms with Crippen molar-refractivity contribution in [3.63, 3.8) is 0 Å². The molecule has 0 heterocycles. The smallest absolute Gasteiger partial charge is 0.398 e. The Morgan fingerprint density at radius 1 is 1.12 bits per heavy atom. The van der Waals surface area contributed by atoms with E-state index in [1.165, 1.54) is 23.1 Å². The van der Waals surface area contributed by atoms with E-state index in [2.05, 4.69) is 0 Å². The summed E-state index contributed by atoms with van der Waals surface area (Å²) in [6, 6.07) is 10.6. The molecule has 1 amide bonds. The van der Waals surface area contributed by atoms with Crippen molar-refractivity contribution in [3.05, 3.63) is 58.6 Å². The Balaban J connectivity index is 1.78. The molecule has 1 aliphatic rings. The normalized spacial score (nSPS) is 15.5. The molecule has 0 N–H and O–H groups in total. The number of amides is 1. The van der Waals surface area contributed by atoms with Crippen molar-refractivity contribution in [2.75, 3.05) is 14.1 Å². The Morgan fingerprint density at radius 2 is 1.73 bits per heavy atom. The van der Waals surface area contributed by atoms with Crippen molar-refractivity contribution in [3.8, 4) is 11.5 Å². The molecule has 1 fully saturated rings. The number of benzene rings is 2. The largest absolute Gasteiger partial charge is 0.456 e. The van der Waals surface area contributed by atoms with Crippen molar-refractivity contribution in [2.24, 2.45) is 0 Å². The lowest BCUT2D eigenvalue weighted by atomic mass is 9.95. The first-order chi connectivity index (χ1) is 12.1. The summed E-state index contributed by atoms with van der Waals surface area (Å²) in [4.78, 5) is 13.3. The molecule has 26 heavy (non-hydrogen) atoms. The molecule has 0 aromatic heterocycles. The van der Waals surface area contributed by atoms with Crippen LogP contribution >= 0.6 is 11.6 Å². The zero-order valence-electron chi connectivity index (χ0n) is 14.2. The minimum atomic E-state index is -4.28. The lowest BCUT2D eigenvalue weighted by molar-refractivity contribution is -0.160. The molecule has 0 atom stereocenters. The number of halogens is 4. The molecule has 0 bridgehead atoms. The van der Waals surface area contributed by atoms with Gasteiger partial charge in [-0.05, 0) is 54.8 Å². The maximum absolute atomic E-state index is 13.2. The van der Waals surface area contributed by atoms with Crippen LogP contribution in [0.4, 0.5) is 13.2 Å². The third-order valence-electron chi connectivity index (χ3n) is 4.51. The zero-order valence-corrected chi connectivity index (χ0v) is 15.0. The number of alkyl halides is 3. The maximum Gasteiger partial charge on any atom is 0.398 e. The number of hydrogen-bond donors (Lipinski definition) is 0. The highest BCUT2D eigenvalue weighted by atomic mass is 35.5. The van der Waals surface area contributed by atoms with E-state index in [1.54, 1.807) is 38.4 Å². The fourth-order valence-electron chi connectivity index (χ4n) is 2.79. The molecule has 2 aromatic carbocycles. The first-order valence-electron chi connectivity index (χ1n) is 8.00. The van der Waals surface area contributed by atoms with Crippen molar-refractivity contribution in [1.29, 1.82) is 0 Å². The Kier molecular flexibility index (Phi) is 4.65. The Hall–Kier alpha value is -2.21. The second-order valence-corrected chi connectivity index (χ2v) is 6.96. The molecule has 0 radical (unpaired) electrons. The highest BCUT2D eigenvalue weighted by Crippen LogP contribution is 2.59. The highest BCUT2D eigenvalue weighted by molar-refractivity contribution is 6.32. The van der Waals surface area contributed by atoms with Gasteiger partial charge in [0, 0.05) is 19.7 Å². The molecule has 138 valence electrons. The molecule has 1 saturated carbocycles. The van der Waals surface area contributed by atoms with E-state index in [0.717, 1.165) is 0 Å². The lowest BCUT2D eigenvalue weighted by Crippen LogP contribution is -2.28. The fourth-order valence-corrected chi connectivity index (χ4v) is 3.01. The fraction of sp³-hybridized carbons (Fsp3) is 0.316. The van der Waals surface area contributed by atoms with E-state index < -0.39 is 11.6 Å². The molecule has 0 aliphatic heterocycles. The molecule has 7 heteroatoms. The third kappa shape index (κ3) is 3.38. The van der Waals surface area contributed by atoms with Gasteiger partial charge >= 0.3 is 6.18 Å². The van der Waals surface area contributed by atoms with Gasteiger partial charge in [0.1, 0.15) is 11.5 Å². The summed E-state index contributed by atoms with van der Waals surface area (Å²) >= 11 is 6.13. The molecule has 2 aromatic rings. The van der Waals surface area contributed by atoms with Gasteiger partial charge in [-0.3, -0.25) is 4.79 Å². The van der Waals surface area contributed by atoms with Crippen molar-refractivity contribution < 1.29 is 22.7 Å². The number of nitrogens with zero attached hydrogens (tertiary/aromatic N) is 1. The van der Waals surface area contributed by atoms with Crippen LogP contribution in [-0.4, -0.2) is 31.1 Å². The van der Waals surface area contributed by atoms with Gasteiger partial charge in [-0.2, -0.15) is 13.2 Å². The third-order valence-corrected chi connectivity index (χ3v) is 4.81. The van der Waals surface area contributed by atoms with Gasteiger partial charge < -0.3 is 9.64 Å². The molecule has 0 unspecified atom stereocenters. The monoisotopic (exact) mass is 383 g/mol. The highest BCUT2D eigenvalue weighted by Gasteiger charge is 2.64. The molecule has 3 rings (SSSR count). The minimum Gasteiger partial charge on any atom is -0.456 e. The van der Waals surface area contributed by atoms with Gasteiger partial charge in [-0.25, -0.2) is 0 Å². The average molecular weight is 384 g/mol. The lowest BCUT2D eigenvalue weighted by Gasteiger charge is -2.20. The number of hydrogen-bond acceptors (Lipinski definition) is 2. The summed E-state index contributed by atoms with van der Waals surface area (Å²) < 4.78 is 45.3. The predicted octanol–water partition coefficient (Wildman–Crippen LogP) is 5.43. The van der Waals surface area contributed by atoms with Gasteiger partial charge in [-0.15, -0.1) is 0 Å². The Bertz CT molecular complexity index is 828. The molecule has 1 aliphatic carbocycles. The van der Waals surface area contributed by atoms with E-state index in [1.807, 2.05) is 0 Å². The molecule has 3 nitrogen and oxygen atoms in total. The standard InChI is InChI=1S/C19H17ClF3NO2/c1-24(2)17(25)12-3-6-14(7-4-12)26-16-8-5-13(11-15(16)20)18(9-10-18)19(21,22)23/h3-8,11H,9-10H2,1-2H3. The van der Waals surface area contributed by atoms with Gasteiger partial charge in [0.25, 0.3) is 5.91 Å². The second kappa shape index (κ2) is 6.50. The molecular formula is C19H17ClF3NO2. The zero-order chi connectivity index (χ0) is 19.1. The van der Waals surface area contributed by atoms with Crippen molar-refractivity contribution in [2.45, 2.75) is 24.4 Å². The average Bonchev–Trinajstić information content (AvgIpc) is 3.38. The first-order valence-corrected chi connectivity index (χ1v) is 8.38. The number of ether oxygens (including phenoxy) is 1. The van der Waals surface area contributed by atoms with Crippen molar-refractivity contribution in [1.82, 2.24) is 4.90 Å². The Morgan fingerprint density at radius 3 is 2.19 bits per heavy atom. The number of carbonyl (C=O) groups excluding carboxylic acids is 1. The van der Waals surface area contributed by atoms with Crippen LogP contribution in [0.25, 0.3) is 0 Å². The van der Waals surface area contributed by atoms with E-state index in [0.29, 0.717) is 11.3 Å². The SMILES string of the molecule is CN(C)C(=O)c1ccc(Oc2ccc(C3(C(F)(F)F)CC3)cc2Cl)cc1. The first kappa shape index (κ1) is 18.6. The van der Waals surface area contributed by atoms with Crippen molar-refractivity contribution >= 4 is 17.5 Å². The minimum absolute atomic E-state index is 0.0778. The summed E-state index contributed by atoms with van der Waals surface area (Å²) in [7, 11) is 3.31. The summed E-state index contributed by atoms with van der Waals surface area (Å²) in [5.74, 6) is 0.563. The van der Waals surface area contributed by atoms with Crippen LogP contribution in [0.5, 0.6) is 11.5 Å². The number of carbonyl (C=O) groups is 1. The van der Waals surface area contributed by atoms with Crippen LogP contribution in [0.15, 0.2) is 42.5 Å². The summed E-state index contributed by atoms with van der Waals surface area (Å²) in [6.07, 6.45) is -4.13. The topological polar surface area (TPSA) is 29.5 Å². The summed E-state index contributed by atoms with van der Waals surface area (Å²) in [6.45, 7) is 0. The van der Waals surface area contributed by atoms with Gasteiger partial charge in [-0.1, -0.05) is 17.7 Å². The number of rotatable bonds is 4. The van der Waals surface area contributed by atoms with E-state index in [4.69, 9.17) is 16.3 Å². The van der Waals surface area contributed by atoms with Gasteiger partial charge in [0.05, 0.1) is 10.4 Å². The van der Waals surface area contributed by atoms with Crippen LogP contribution in [0, 0.1) is 0 Å². The van der Waals surface area contributed by atoms with E-state index in [-0.39, 0.29) is 35.1 Å². The van der Waals surface area contributed by atoms with Gasteiger partial charge in [0.15, 0.2) is 0 Å². The summed E-state index contributed by atoms with van der Waals surface area (Å²) in [5.41, 5.74) is -1.11. The quantitative estimate of drug-likeness (QED) is 0.704. The molecule has 0 saturated heterocycles. The summed E-state index contributed by atoms with van der Waals surface area (Å²) in [5, 5.41) is 0.117. The van der Waals surface area contributed by atoms with E-state index in [9.17, 15) is 18.0 Å². The van der Waals surface area contributed by atoms with Crippen LogP contribution in [0.2, 0.25) is 5.02 Å². The maximum atomic E-state index is 13.2. The van der Waals surface area contributed by atoms with E-state index >= 15 is 0 Å². The predicted molar refractivity (Wildman–Crippen MR) is 93.0 cm³/mol. The van der Waals surface area contributed by atoms with Crippen LogP contribution in [0.3, 0.4) is 0 Å². The molecule has 0 spiro atoms.